The number of amidine groups is 1. The van der Waals surface area contributed by atoms with Crippen LogP contribution < -0.4 is 5.73 Å². The molecule has 2 N–H and O–H groups in total. The second-order valence-corrected chi connectivity index (χ2v) is 7.86. The molecule has 0 saturated heterocycles. The van der Waals surface area contributed by atoms with Crippen molar-refractivity contribution in [2.24, 2.45) is 10.7 Å². The van der Waals surface area contributed by atoms with Gasteiger partial charge < -0.3 is 10.2 Å². The Hall–Kier alpha value is -1.68. The number of hydrogen-bond donors (Lipinski definition) is 1. The maximum Gasteiger partial charge on any atom is 0.154 e. The molecule has 2 aromatic rings. The van der Waals surface area contributed by atoms with E-state index in [1.807, 2.05) is 12.1 Å². The van der Waals surface area contributed by atoms with Crippen molar-refractivity contribution in [3.8, 4) is 0 Å². The van der Waals surface area contributed by atoms with Crippen LogP contribution in [-0.4, -0.2) is 5.17 Å². The van der Waals surface area contributed by atoms with Crippen LogP contribution >= 0.6 is 11.8 Å². The van der Waals surface area contributed by atoms with Crippen LogP contribution in [0, 0.1) is 13.8 Å². The SMILES string of the molecule is Cc1cc(C(C)(C)C)cc(C)c1CSC(N)=NCc1ccco1. The minimum absolute atomic E-state index is 0.171. The molecule has 1 aromatic carbocycles. The predicted molar refractivity (Wildman–Crippen MR) is 99.9 cm³/mol. The topological polar surface area (TPSA) is 51.5 Å². The lowest BCUT2D eigenvalue weighted by Crippen LogP contribution is -2.13. The molecule has 23 heavy (non-hydrogen) atoms. The maximum absolute atomic E-state index is 6.01. The van der Waals surface area contributed by atoms with Crippen molar-refractivity contribution in [2.75, 3.05) is 0 Å². The van der Waals surface area contributed by atoms with Gasteiger partial charge >= 0.3 is 0 Å². The lowest BCUT2D eigenvalue weighted by Gasteiger charge is -2.22. The van der Waals surface area contributed by atoms with Crippen LogP contribution in [0.15, 0.2) is 39.9 Å². The number of hydrogen-bond acceptors (Lipinski definition) is 3. The van der Waals surface area contributed by atoms with E-state index in [2.05, 4.69) is 51.7 Å². The van der Waals surface area contributed by atoms with Gasteiger partial charge in [0.05, 0.1) is 12.8 Å². The summed E-state index contributed by atoms with van der Waals surface area (Å²) < 4.78 is 5.26. The van der Waals surface area contributed by atoms with E-state index in [-0.39, 0.29) is 5.41 Å². The summed E-state index contributed by atoms with van der Waals surface area (Å²) in [6, 6.07) is 8.34. The summed E-state index contributed by atoms with van der Waals surface area (Å²) >= 11 is 1.58. The van der Waals surface area contributed by atoms with Crippen LogP contribution in [0.4, 0.5) is 0 Å². The Labute approximate surface area is 143 Å². The van der Waals surface area contributed by atoms with Crippen molar-refractivity contribution in [1.29, 1.82) is 0 Å². The van der Waals surface area contributed by atoms with E-state index >= 15 is 0 Å². The third kappa shape index (κ3) is 4.90. The highest BCUT2D eigenvalue weighted by Gasteiger charge is 2.16. The molecule has 0 amide bonds. The van der Waals surface area contributed by atoms with Gasteiger partial charge in [0.25, 0.3) is 0 Å². The summed E-state index contributed by atoms with van der Waals surface area (Å²) in [5.41, 5.74) is 11.5. The van der Waals surface area contributed by atoms with Crippen LogP contribution in [0.1, 0.15) is 48.8 Å². The largest absolute Gasteiger partial charge is 0.467 e. The highest BCUT2D eigenvalue weighted by molar-refractivity contribution is 8.13. The molecule has 0 saturated carbocycles. The van der Waals surface area contributed by atoms with Crippen LogP contribution in [0.2, 0.25) is 0 Å². The molecule has 0 unspecified atom stereocenters. The van der Waals surface area contributed by atoms with Gasteiger partial charge in [0.1, 0.15) is 5.76 Å². The number of furan rings is 1. The van der Waals surface area contributed by atoms with Crippen LogP contribution in [0.5, 0.6) is 0 Å². The number of aliphatic imine (C=N–C) groups is 1. The normalized spacial score (nSPS) is 12.7. The highest BCUT2D eigenvalue weighted by atomic mass is 32.2. The number of nitrogens with two attached hydrogens (primary N) is 1. The second-order valence-electron chi connectivity index (χ2n) is 6.86. The van der Waals surface area contributed by atoms with E-state index < -0.39 is 0 Å². The van der Waals surface area contributed by atoms with Gasteiger partial charge in [-0.05, 0) is 53.6 Å². The molecule has 124 valence electrons. The lowest BCUT2D eigenvalue weighted by molar-refractivity contribution is 0.513. The van der Waals surface area contributed by atoms with Gasteiger partial charge in [-0.2, -0.15) is 0 Å². The number of thioether (sulfide) groups is 1. The fourth-order valence-electron chi connectivity index (χ4n) is 2.40. The van der Waals surface area contributed by atoms with Gasteiger partial charge in [-0.3, -0.25) is 4.99 Å². The Morgan fingerprint density at radius 3 is 2.39 bits per heavy atom. The molecular weight excluding hydrogens is 304 g/mol. The monoisotopic (exact) mass is 330 g/mol. The number of rotatable bonds is 4. The fourth-order valence-corrected chi connectivity index (χ4v) is 3.31. The second kappa shape index (κ2) is 7.26. The molecule has 1 aromatic heterocycles. The van der Waals surface area contributed by atoms with E-state index in [4.69, 9.17) is 10.2 Å². The van der Waals surface area contributed by atoms with Gasteiger partial charge in [0, 0.05) is 5.75 Å². The smallest absolute Gasteiger partial charge is 0.154 e. The zero-order valence-electron chi connectivity index (χ0n) is 14.6. The van der Waals surface area contributed by atoms with Crippen LogP contribution in [-0.2, 0) is 17.7 Å². The van der Waals surface area contributed by atoms with E-state index in [1.54, 1.807) is 18.0 Å². The Bertz CT molecular complexity index is 659. The predicted octanol–water partition coefficient (Wildman–Crippen LogP) is 4.94. The molecule has 0 atom stereocenters. The van der Waals surface area contributed by atoms with E-state index in [9.17, 15) is 0 Å². The molecule has 0 aliphatic rings. The molecule has 0 fully saturated rings. The zero-order valence-corrected chi connectivity index (χ0v) is 15.5. The van der Waals surface area contributed by atoms with Crippen molar-refractivity contribution in [3.05, 3.63) is 58.5 Å². The fraction of sp³-hybridized carbons (Fsp3) is 0.421. The molecule has 0 bridgehead atoms. The summed E-state index contributed by atoms with van der Waals surface area (Å²) in [4.78, 5) is 4.36. The number of aryl methyl sites for hydroxylation is 2. The third-order valence-corrected chi connectivity index (χ3v) is 4.76. The van der Waals surface area contributed by atoms with Crippen molar-refractivity contribution >= 4 is 16.9 Å². The molecule has 0 radical (unpaired) electrons. The van der Waals surface area contributed by atoms with E-state index in [0.29, 0.717) is 11.7 Å². The first kappa shape index (κ1) is 17.7. The molecule has 3 nitrogen and oxygen atoms in total. The van der Waals surface area contributed by atoms with Gasteiger partial charge in [0.15, 0.2) is 5.17 Å². The third-order valence-electron chi connectivity index (χ3n) is 3.90. The van der Waals surface area contributed by atoms with Gasteiger partial charge in [-0.25, -0.2) is 0 Å². The lowest BCUT2D eigenvalue weighted by atomic mass is 9.84. The summed E-state index contributed by atoms with van der Waals surface area (Å²) in [7, 11) is 0. The average molecular weight is 330 g/mol. The summed E-state index contributed by atoms with van der Waals surface area (Å²) in [5, 5.41) is 0.597. The minimum Gasteiger partial charge on any atom is -0.467 e. The molecular formula is C19H26N2OS. The minimum atomic E-state index is 0.171. The Morgan fingerprint density at radius 1 is 1.22 bits per heavy atom. The quantitative estimate of drug-likeness (QED) is 0.638. The molecule has 0 spiro atoms. The summed E-state index contributed by atoms with van der Waals surface area (Å²) in [6.07, 6.45) is 1.65. The first-order chi connectivity index (χ1) is 10.8. The van der Waals surface area contributed by atoms with Crippen molar-refractivity contribution < 1.29 is 4.42 Å². The first-order valence-corrected chi connectivity index (χ1v) is 8.81. The van der Waals surface area contributed by atoms with Crippen molar-refractivity contribution in [1.82, 2.24) is 0 Å². The summed E-state index contributed by atoms with van der Waals surface area (Å²) in [5.74, 6) is 1.67. The van der Waals surface area contributed by atoms with Gasteiger partial charge in [-0.1, -0.05) is 44.7 Å². The average Bonchev–Trinajstić information content (AvgIpc) is 2.96. The van der Waals surface area contributed by atoms with E-state index in [1.165, 1.54) is 22.3 Å². The molecule has 1 heterocycles. The first-order valence-electron chi connectivity index (χ1n) is 7.83. The number of nitrogens with zero attached hydrogens (tertiary/aromatic N) is 1. The summed E-state index contributed by atoms with van der Waals surface area (Å²) in [6.45, 7) is 11.6. The van der Waals surface area contributed by atoms with Gasteiger partial charge in [0.2, 0.25) is 0 Å². The van der Waals surface area contributed by atoms with E-state index in [0.717, 1.165) is 11.5 Å². The molecule has 0 aliphatic heterocycles. The Morgan fingerprint density at radius 2 is 1.87 bits per heavy atom. The number of benzene rings is 1. The molecule has 2 rings (SSSR count). The zero-order chi connectivity index (χ0) is 17.0. The van der Waals surface area contributed by atoms with Crippen molar-refractivity contribution in [2.45, 2.75) is 52.3 Å². The van der Waals surface area contributed by atoms with Gasteiger partial charge in [-0.15, -0.1) is 0 Å². The van der Waals surface area contributed by atoms with Crippen LogP contribution in [0.25, 0.3) is 0 Å². The highest BCUT2D eigenvalue weighted by Crippen LogP contribution is 2.28. The van der Waals surface area contributed by atoms with Crippen LogP contribution in [0.3, 0.4) is 0 Å². The maximum atomic E-state index is 6.01. The molecule has 0 aliphatic carbocycles. The molecule has 4 heteroatoms. The Kier molecular flexibility index (Phi) is 5.58. The standard InChI is InChI=1S/C19H26N2OS/c1-13-9-15(19(3,4)5)10-14(2)17(13)12-23-18(20)21-11-16-7-6-8-22-16/h6-10H,11-12H2,1-5H3,(H2,20,21). The Balaban J connectivity index is 2.04. The van der Waals surface area contributed by atoms with Crippen molar-refractivity contribution in [3.63, 3.8) is 0 Å².